The second kappa shape index (κ2) is 8.47. The van der Waals surface area contributed by atoms with Crippen LogP contribution in [0.15, 0.2) is 35.1 Å². The molecule has 1 saturated carbocycles. The summed E-state index contributed by atoms with van der Waals surface area (Å²) in [5.41, 5.74) is 0. The summed E-state index contributed by atoms with van der Waals surface area (Å²) in [6.45, 7) is 2.58. The van der Waals surface area contributed by atoms with Crippen LogP contribution in [0.3, 0.4) is 0 Å². The van der Waals surface area contributed by atoms with Gasteiger partial charge < -0.3 is 15.7 Å². The van der Waals surface area contributed by atoms with Crippen molar-refractivity contribution in [1.29, 1.82) is 0 Å². The number of nitrogens with one attached hydrogen (secondary N) is 3. The van der Waals surface area contributed by atoms with Gasteiger partial charge in [0.2, 0.25) is 5.95 Å². The van der Waals surface area contributed by atoms with Gasteiger partial charge in [-0.3, -0.25) is 10.2 Å². The van der Waals surface area contributed by atoms with Gasteiger partial charge in [0, 0.05) is 38.1 Å². The fourth-order valence-electron chi connectivity index (χ4n) is 3.58. The minimum atomic E-state index is -0.231. The molecule has 2 aliphatic rings. The third-order valence-corrected chi connectivity index (χ3v) is 5.50. The molecule has 0 bridgehead atoms. The van der Waals surface area contributed by atoms with Crippen LogP contribution in [0.25, 0.3) is 0 Å². The van der Waals surface area contributed by atoms with Crippen LogP contribution in [0, 0.1) is 0 Å². The summed E-state index contributed by atoms with van der Waals surface area (Å²) in [5, 5.41) is 20.2. The average molecular weight is 434 g/mol. The number of hydrogen-bond donors (Lipinski definition) is 4. The Bertz CT molecular complexity index is 757. The van der Waals surface area contributed by atoms with Crippen LogP contribution in [0.4, 0.5) is 17.6 Å². The van der Waals surface area contributed by atoms with Crippen molar-refractivity contribution in [2.45, 2.75) is 37.6 Å². The molecule has 2 fully saturated rings. The molecular weight excluding hydrogens is 410 g/mol. The van der Waals surface area contributed by atoms with E-state index in [1.165, 1.54) is 0 Å². The molecule has 0 spiro atoms. The number of anilines is 3. The summed E-state index contributed by atoms with van der Waals surface area (Å²) < 4.78 is 0.809. The van der Waals surface area contributed by atoms with Gasteiger partial charge in [-0.2, -0.15) is 4.98 Å². The van der Waals surface area contributed by atoms with Gasteiger partial charge >= 0.3 is 0 Å². The highest BCUT2D eigenvalue weighted by atomic mass is 79.9. The highest BCUT2D eigenvalue weighted by Gasteiger charge is 2.27. The van der Waals surface area contributed by atoms with Crippen molar-refractivity contribution in [3.05, 3.63) is 35.1 Å². The first-order chi connectivity index (χ1) is 13.2. The first-order valence-electron chi connectivity index (χ1n) is 9.32. The molecule has 8 nitrogen and oxygen atoms in total. The zero-order chi connectivity index (χ0) is 18.6. The molecule has 2 aromatic heterocycles. The van der Waals surface area contributed by atoms with Crippen molar-refractivity contribution in [3.8, 4) is 0 Å². The predicted molar refractivity (Wildman–Crippen MR) is 108 cm³/mol. The van der Waals surface area contributed by atoms with Crippen LogP contribution in [-0.2, 0) is 0 Å². The fraction of sp³-hybridized carbons (Fsp3) is 0.500. The molecule has 2 aromatic rings. The van der Waals surface area contributed by atoms with Gasteiger partial charge in [0.25, 0.3) is 0 Å². The molecule has 1 aliphatic heterocycles. The van der Waals surface area contributed by atoms with Crippen LogP contribution < -0.4 is 20.9 Å². The maximum Gasteiger partial charge on any atom is 0.234 e. The summed E-state index contributed by atoms with van der Waals surface area (Å²) in [7, 11) is 0. The maximum atomic E-state index is 9.79. The van der Waals surface area contributed by atoms with E-state index in [4.69, 9.17) is 4.98 Å². The Labute approximate surface area is 166 Å². The predicted octanol–water partition coefficient (Wildman–Crippen LogP) is 1.62. The Morgan fingerprint density at radius 3 is 2.85 bits per heavy atom. The lowest BCUT2D eigenvalue weighted by molar-refractivity contribution is 0.182. The van der Waals surface area contributed by atoms with Gasteiger partial charge in [-0.25, -0.2) is 9.97 Å². The van der Waals surface area contributed by atoms with Gasteiger partial charge in [0.05, 0.1) is 10.6 Å². The van der Waals surface area contributed by atoms with Crippen LogP contribution in [0.2, 0.25) is 0 Å². The van der Waals surface area contributed by atoms with Crippen LogP contribution in [-0.4, -0.2) is 58.0 Å². The van der Waals surface area contributed by atoms with Crippen molar-refractivity contribution >= 4 is 33.5 Å². The Balaban J connectivity index is 1.64. The Morgan fingerprint density at radius 2 is 2.15 bits per heavy atom. The summed E-state index contributed by atoms with van der Waals surface area (Å²) >= 11 is 3.54. The smallest absolute Gasteiger partial charge is 0.234 e. The van der Waals surface area contributed by atoms with Gasteiger partial charge in [0.1, 0.15) is 17.8 Å². The van der Waals surface area contributed by atoms with Crippen LogP contribution in [0.5, 0.6) is 0 Å². The summed E-state index contributed by atoms with van der Waals surface area (Å²) in [4.78, 5) is 15.9. The van der Waals surface area contributed by atoms with Gasteiger partial charge in [-0.05, 0) is 47.3 Å². The number of hydrogen-bond acceptors (Lipinski definition) is 8. The van der Waals surface area contributed by atoms with Crippen molar-refractivity contribution in [1.82, 2.24) is 25.6 Å². The fourth-order valence-corrected chi connectivity index (χ4v) is 3.88. The molecule has 3 unspecified atom stereocenters. The maximum absolute atomic E-state index is 9.79. The number of aromatic nitrogens is 3. The molecular formula is C18H24BrN7O. The highest BCUT2D eigenvalue weighted by molar-refractivity contribution is 9.10. The molecule has 4 rings (SSSR count). The molecule has 3 atom stereocenters. The lowest BCUT2D eigenvalue weighted by atomic mass is 10.2. The Hall–Kier alpha value is -1.81. The average Bonchev–Trinajstić information content (AvgIpc) is 3.11. The number of aliphatic hydroxyl groups excluding tert-OH is 1. The van der Waals surface area contributed by atoms with Crippen molar-refractivity contribution in [2.75, 3.05) is 29.9 Å². The standard InChI is InChI=1S/C18H24BrN7O/c19-14-10-23-18(25-17(14)24-12-4-5-13(27)9-12)26(15-3-1-2-6-21-15)16-11-20-7-8-22-16/h1-3,6,10,12-13,16,20,22,27H,4-5,7-9,11H2,(H,23,24,25). The van der Waals surface area contributed by atoms with Crippen molar-refractivity contribution < 1.29 is 5.11 Å². The number of piperazine rings is 1. The zero-order valence-electron chi connectivity index (χ0n) is 15.0. The number of halogens is 1. The molecule has 4 N–H and O–H groups in total. The third-order valence-electron chi connectivity index (χ3n) is 4.92. The van der Waals surface area contributed by atoms with E-state index >= 15 is 0 Å². The number of pyridine rings is 1. The molecule has 0 radical (unpaired) electrons. The number of aliphatic hydroxyl groups is 1. The normalized spacial score (nSPS) is 25.3. The molecule has 1 aliphatic carbocycles. The van der Waals surface area contributed by atoms with E-state index in [9.17, 15) is 5.11 Å². The number of rotatable bonds is 5. The summed E-state index contributed by atoms with van der Waals surface area (Å²) in [6, 6.07) is 6.04. The Kier molecular flexibility index (Phi) is 5.82. The van der Waals surface area contributed by atoms with Gasteiger partial charge in [0.15, 0.2) is 0 Å². The number of nitrogens with zero attached hydrogens (tertiary/aromatic N) is 4. The van der Waals surface area contributed by atoms with Gasteiger partial charge in [-0.15, -0.1) is 0 Å². The molecule has 3 heterocycles. The molecule has 1 saturated heterocycles. The molecule has 27 heavy (non-hydrogen) atoms. The van der Waals surface area contributed by atoms with E-state index in [0.717, 1.165) is 55.0 Å². The largest absolute Gasteiger partial charge is 0.393 e. The quantitative estimate of drug-likeness (QED) is 0.564. The Morgan fingerprint density at radius 1 is 1.22 bits per heavy atom. The van der Waals surface area contributed by atoms with E-state index in [1.807, 2.05) is 23.1 Å². The second-order valence-electron chi connectivity index (χ2n) is 6.91. The van der Waals surface area contributed by atoms with Crippen molar-refractivity contribution in [3.63, 3.8) is 0 Å². The third kappa shape index (κ3) is 4.37. The van der Waals surface area contributed by atoms with Gasteiger partial charge in [-0.1, -0.05) is 6.07 Å². The lowest BCUT2D eigenvalue weighted by Crippen LogP contribution is -2.56. The van der Waals surface area contributed by atoms with E-state index in [-0.39, 0.29) is 18.3 Å². The van der Waals surface area contributed by atoms with Crippen LogP contribution in [0.1, 0.15) is 19.3 Å². The topological polar surface area (TPSA) is 98.2 Å². The molecule has 0 aromatic carbocycles. The SMILES string of the molecule is OC1CCC(Nc2nc(N(c3ccccn3)C3CNCCN3)ncc2Br)C1. The second-order valence-corrected chi connectivity index (χ2v) is 7.76. The first-order valence-corrected chi connectivity index (χ1v) is 10.1. The van der Waals surface area contributed by atoms with Crippen LogP contribution >= 0.6 is 15.9 Å². The monoisotopic (exact) mass is 433 g/mol. The minimum absolute atomic E-state index is 0.0102. The highest BCUT2D eigenvalue weighted by Crippen LogP contribution is 2.29. The van der Waals surface area contributed by atoms with E-state index < -0.39 is 0 Å². The van der Waals surface area contributed by atoms with E-state index in [0.29, 0.717) is 5.95 Å². The van der Waals surface area contributed by atoms with E-state index in [2.05, 4.69) is 41.8 Å². The lowest BCUT2D eigenvalue weighted by Gasteiger charge is -2.34. The summed E-state index contributed by atoms with van der Waals surface area (Å²) in [6.07, 6.45) is 5.82. The summed E-state index contributed by atoms with van der Waals surface area (Å²) in [5.74, 6) is 2.12. The first kappa shape index (κ1) is 18.5. The molecule has 0 amide bonds. The van der Waals surface area contributed by atoms with Crippen molar-refractivity contribution in [2.24, 2.45) is 0 Å². The van der Waals surface area contributed by atoms with E-state index in [1.54, 1.807) is 12.4 Å². The zero-order valence-corrected chi connectivity index (χ0v) is 16.6. The minimum Gasteiger partial charge on any atom is -0.393 e. The molecule has 9 heteroatoms. The molecule has 144 valence electrons.